The molecular formula is C12H23BrO. The average Bonchev–Trinajstić information content (AvgIpc) is 2.19. The van der Waals surface area contributed by atoms with E-state index in [0.29, 0.717) is 6.10 Å². The molecule has 2 heteroatoms. The topological polar surface area (TPSA) is 9.23 Å². The second-order valence-corrected chi connectivity index (χ2v) is 5.68. The van der Waals surface area contributed by atoms with E-state index in [1.807, 2.05) is 0 Å². The van der Waals surface area contributed by atoms with E-state index in [1.165, 1.54) is 32.1 Å². The van der Waals surface area contributed by atoms with Crippen molar-refractivity contribution in [1.82, 2.24) is 0 Å². The van der Waals surface area contributed by atoms with Crippen LogP contribution in [-0.2, 0) is 4.74 Å². The summed E-state index contributed by atoms with van der Waals surface area (Å²) in [6, 6.07) is 0. The maximum Gasteiger partial charge on any atom is 0.0726 e. The Hall–Kier alpha value is 0.440. The van der Waals surface area contributed by atoms with Gasteiger partial charge in [-0.05, 0) is 39.5 Å². The lowest BCUT2D eigenvalue weighted by atomic mass is 9.85. The van der Waals surface area contributed by atoms with Crippen LogP contribution in [-0.4, -0.2) is 17.0 Å². The Morgan fingerprint density at radius 3 is 2.36 bits per heavy atom. The molecule has 0 N–H and O–H groups in total. The molecule has 84 valence electrons. The number of rotatable bonds is 4. The highest BCUT2D eigenvalue weighted by molar-refractivity contribution is 9.09. The monoisotopic (exact) mass is 262 g/mol. The van der Waals surface area contributed by atoms with Crippen LogP contribution in [0.5, 0.6) is 0 Å². The molecule has 0 aromatic rings. The van der Waals surface area contributed by atoms with Crippen molar-refractivity contribution in [3.63, 3.8) is 0 Å². The van der Waals surface area contributed by atoms with Gasteiger partial charge in [-0.2, -0.15) is 0 Å². The molecule has 1 fully saturated rings. The molecule has 1 aliphatic carbocycles. The molecule has 0 aromatic carbocycles. The zero-order chi connectivity index (χ0) is 10.6. The highest BCUT2D eigenvalue weighted by Gasteiger charge is 2.26. The molecule has 1 atom stereocenters. The van der Waals surface area contributed by atoms with Crippen LogP contribution in [0.2, 0.25) is 0 Å². The van der Waals surface area contributed by atoms with Crippen LogP contribution in [0.4, 0.5) is 0 Å². The SMILES string of the molecule is CC(OC(C)(C)CBr)C1CCCCC1. The van der Waals surface area contributed by atoms with Gasteiger partial charge in [0, 0.05) is 5.33 Å². The van der Waals surface area contributed by atoms with E-state index < -0.39 is 0 Å². The maximum atomic E-state index is 6.08. The summed E-state index contributed by atoms with van der Waals surface area (Å²) in [4.78, 5) is 0. The molecule has 0 saturated heterocycles. The van der Waals surface area contributed by atoms with Gasteiger partial charge in [0.1, 0.15) is 0 Å². The fraction of sp³-hybridized carbons (Fsp3) is 1.00. The standard InChI is InChI=1S/C12H23BrO/c1-10(14-12(2,3)9-13)11-7-5-4-6-8-11/h10-11H,4-9H2,1-3H3. The van der Waals surface area contributed by atoms with Gasteiger partial charge in [0.15, 0.2) is 0 Å². The molecule has 0 amide bonds. The molecule has 0 aromatic heterocycles. The lowest BCUT2D eigenvalue weighted by Gasteiger charge is -2.34. The van der Waals surface area contributed by atoms with E-state index in [2.05, 4.69) is 36.7 Å². The summed E-state index contributed by atoms with van der Waals surface area (Å²) < 4.78 is 6.08. The molecular weight excluding hydrogens is 240 g/mol. The lowest BCUT2D eigenvalue weighted by molar-refractivity contribution is -0.0783. The van der Waals surface area contributed by atoms with Gasteiger partial charge in [-0.1, -0.05) is 35.2 Å². The van der Waals surface area contributed by atoms with E-state index >= 15 is 0 Å². The van der Waals surface area contributed by atoms with Crippen molar-refractivity contribution >= 4 is 15.9 Å². The zero-order valence-electron chi connectivity index (χ0n) is 9.68. The van der Waals surface area contributed by atoms with Crippen LogP contribution in [0.3, 0.4) is 0 Å². The van der Waals surface area contributed by atoms with Gasteiger partial charge in [0.05, 0.1) is 11.7 Å². The number of ether oxygens (including phenoxy) is 1. The van der Waals surface area contributed by atoms with E-state index in [1.54, 1.807) is 0 Å². The molecule has 1 rings (SSSR count). The van der Waals surface area contributed by atoms with Gasteiger partial charge in [0.25, 0.3) is 0 Å². The fourth-order valence-electron chi connectivity index (χ4n) is 2.23. The molecule has 1 saturated carbocycles. The Labute approximate surface area is 96.7 Å². The predicted molar refractivity (Wildman–Crippen MR) is 65.0 cm³/mol. The number of hydrogen-bond acceptors (Lipinski definition) is 1. The van der Waals surface area contributed by atoms with Crippen molar-refractivity contribution in [2.75, 3.05) is 5.33 Å². The van der Waals surface area contributed by atoms with E-state index in [4.69, 9.17) is 4.74 Å². The van der Waals surface area contributed by atoms with E-state index in [-0.39, 0.29) is 5.60 Å². The number of alkyl halides is 1. The zero-order valence-corrected chi connectivity index (χ0v) is 11.3. The smallest absolute Gasteiger partial charge is 0.0726 e. The third-order valence-electron chi connectivity index (χ3n) is 3.14. The Kier molecular flexibility index (Phi) is 4.92. The first-order chi connectivity index (χ1) is 6.55. The van der Waals surface area contributed by atoms with Crippen LogP contribution in [0.1, 0.15) is 52.9 Å². The van der Waals surface area contributed by atoms with Crippen molar-refractivity contribution in [1.29, 1.82) is 0 Å². The van der Waals surface area contributed by atoms with Gasteiger partial charge >= 0.3 is 0 Å². The molecule has 14 heavy (non-hydrogen) atoms. The molecule has 0 heterocycles. The summed E-state index contributed by atoms with van der Waals surface area (Å²) in [5.41, 5.74) is -0.0170. The number of hydrogen-bond donors (Lipinski definition) is 0. The molecule has 0 radical (unpaired) electrons. The van der Waals surface area contributed by atoms with Crippen LogP contribution >= 0.6 is 15.9 Å². The first-order valence-electron chi connectivity index (χ1n) is 5.79. The van der Waals surface area contributed by atoms with Crippen molar-refractivity contribution in [3.8, 4) is 0 Å². The van der Waals surface area contributed by atoms with E-state index in [0.717, 1.165) is 11.2 Å². The normalized spacial score (nSPS) is 22.3. The molecule has 1 aliphatic rings. The van der Waals surface area contributed by atoms with Crippen LogP contribution in [0.15, 0.2) is 0 Å². The van der Waals surface area contributed by atoms with Gasteiger partial charge in [-0.3, -0.25) is 0 Å². The first-order valence-corrected chi connectivity index (χ1v) is 6.91. The minimum atomic E-state index is -0.0170. The third-order valence-corrected chi connectivity index (χ3v) is 4.49. The van der Waals surface area contributed by atoms with Crippen molar-refractivity contribution < 1.29 is 4.74 Å². The summed E-state index contributed by atoms with van der Waals surface area (Å²) in [5, 5.41) is 0.914. The first kappa shape index (κ1) is 12.5. The summed E-state index contributed by atoms with van der Waals surface area (Å²) in [7, 11) is 0. The maximum absolute atomic E-state index is 6.08. The quantitative estimate of drug-likeness (QED) is 0.692. The Morgan fingerprint density at radius 2 is 1.86 bits per heavy atom. The molecule has 1 nitrogen and oxygen atoms in total. The Morgan fingerprint density at radius 1 is 1.29 bits per heavy atom. The highest BCUT2D eigenvalue weighted by atomic mass is 79.9. The minimum Gasteiger partial charge on any atom is -0.371 e. The lowest BCUT2D eigenvalue weighted by Crippen LogP contribution is -2.35. The molecule has 1 unspecified atom stereocenters. The second kappa shape index (κ2) is 5.50. The van der Waals surface area contributed by atoms with Crippen LogP contribution < -0.4 is 0 Å². The third kappa shape index (κ3) is 3.90. The van der Waals surface area contributed by atoms with Gasteiger partial charge in [-0.15, -0.1) is 0 Å². The second-order valence-electron chi connectivity index (χ2n) is 5.11. The summed E-state index contributed by atoms with van der Waals surface area (Å²) >= 11 is 3.50. The van der Waals surface area contributed by atoms with Crippen molar-refractivity contribution in [2.24, 2.45) is 5.92 Å². The number of halogens is 1. The Balaban J connectivity index is 2.36. The summed E-state index contributed by atoms with van der Waals surface area (Å²) in [6.45, 7) is 6.54. The molecule has 0 bridgehead atoms. The summed E-state index contributed by atoms with van der Waals surface area (Å²) in [5.74, 6) is 0.794. The fourth-order valence-corrected chi connectivity index (χ4v) is 2.37. The highest BCUT2D eigenvalue weighted by Crippen LogP contribution is 2.30. The Bertz CT molecular complexity index is 162. The predicted octanol–water partition coefficient (Wildman–Crippen LogP) is 4.15. The van der Waals surface area contributed by atoms with Gasteiger partial charge in [-0.25, -0.2) is 0 Å². The largest absolute Gasteiger partial charge is 0.371 e. The minimum absolute atomic E-state index is 0.0170. The molecule has 0 spiro atoms. The van der Waals surface area contributed by atoms with E-state index in [9.17, 15) is 0 Å². The molecule has 0 aliphatic heterocycles. The van der Waals surface area contributed by atoms with Gasteiger partial charge in [0.2, 0.25) is 0 Å². The average molecular weight is 263 g/mol. The van der Waals surface area contributed by atoms with Crippen LogP contribution in [0, 0.1) is 5.92 Å². The van der Waals surface area contributed by atoms with Gasteiger partial charge < -0.3 is 4.74 Å². The van der Waals surface area contributed by atoms with Crippen LogP contribution in [0.25, 0.3) is 0 Å². The summed E-state index contributed by atoms with van der Waals surface area (Å²) in [6.07, 6.45) is 7.35. The van der Waals surface area contributed by atoms with Crippen molar-refractivity contribution in [3.05, 3.63) is 0 Å². The van der Waals surface area contributed by atoms with Crippen molar-refractivity contribution in [2.45, 2.75) is 64.6 Å².